The fraction of sp³-hybridized carbons (Fsp3) is 0.818. The summed E-state index contributed by atoms with van der Waals surface area (Å²) in [6.45, 7) is 12.4. The van der Waals surface area contributed by atoms with Crippen molar-refractivity contribution in [2.45, 2.75) is 40.5 Å². The zero-order chi connectivity index (χ0) is 9.78. The van der Waals surface area contributed by atoms with Crippen molar-refractivity contribution in [1.29, 1.82) is 0 Å². The lowest BCUT2D eigenvalue weighted by Crippen LogP contribution is -2.37. The van der Waals surface area contributed by atoms with Gasteiger partial charge in [-0.15, -0.1) is 0 Å². The third-order valence-electron chi connectivity index (χ3n) is 2.56. The van der Waals surface area contributed by atoms with Crippen molar-refractivity contribution in [1.82, 2.24) is 0 Å². The lowest BCUT2D eigenvalue weighted by Gasteiger charge is -2.44. The van der Waals surface area contributed by atoms with Crippen LogP contribution in [0.4, 0.5) is 0 Å². The zero-order valence-electron chi connectivity index (χ0n) is 8.85. The van der Waals surface area contributed by atoms with Crippen LogP contribution in [0.3, 0.4) is 0 Å². The van der Waals surface area contributed by atoms with Gasteiger partial charge in [-0.3, -0.25) is 0 Å². The first-order valence-electron chi connectivity index (χ1n) is 4.84. The molecule has 1 fully saturated rings. The van der Waals surface area contributed by atoms with E-state index in [-0.39, 0.29) is 5.41 Å². The second-order valence-corrected chi connectivity index (χ2v) is 3.92. The third-order valence-corrected chi connectivity index (χ3v) is 2.56. The zero-order valence-corrected chi connectivity index (χ0v) is 8.85. The van der Waals surface area contributed by atoms with Gasteiger partial charge in [0.25, 0.3) is 0 Å². The molecular formula is C11H22O. The molecule has 1 aliphatic rings. The molecule has 1 aliphatic carbocycles. The lowest BCUT2D eigenvalue weighted by molar-refractivity contribution is 0.0271. The Hall–Kier alpha value is -0.300. The molecule has 0 heterocycles. The summed E-state index contributed by atoms with van der Waals surface area (Å²) in [6, 6.07) is 0. The van der Waals surface area contributed by atoms with Crippen molar-refractivity contribution in [3.63, 3.8) is 0 Å². The van der Waals surface area contributed by atoms with E-state index in [1.165, 1.54) is 5.57 Å². The number of rotatable bonds is 2. The van der Waals surface area contributed by atoms with Crippen molar-refractivity contribution in [3.8, 4) is 0 Å². The number of hydrogen-bond acceptors (Lipinski definition) is 1. The smallest absolute Gasteiger partial charge is 0.0485 e. The molecule has 0 aromatic heterocycles. The van der Waals surface area contributed by atoms with E-state index in [0.29, 0.717) is 12.5 Å². The Balaban J connectivity index is 0.000000561. The third kappa shape index (κ3) is 2.63. The molecule has 0 amide bonds. The van der Waals surface area contributed by atoms with Crippen molar-refractivity contribution in [2.75, 3.05) is 6.61 Å². The van der Waals surface area contributed by atoms with E-state index >= 15 is 0 Å². The van der Waals surface area contributed by atoms with E-state index in [9.17, 15) is 0 Å². The molecule has 1 rings (SSSR count). The number of aliphatic hydroxyl groups excluding tert-OH is 1. The molecule has 0 spiro atoms. The van der Waals surface area contributed by atoms with E-state index in [1.54, 1.807) is 0 Å². The van der Waals surface area contributed by atoms with E-state index in [0.717, 1.165) is 12.8 Å². The van der Waals surface area contributed by atoms with E-state index in [4.69, 9.17) is 5.11 Å². The first kappa shape index (κ1) is 11.7. The van der Waals surface area contributed by atoms with Crippen LogP contribution in [-0.2, 0) is 0 Å². The van der Waals surface area contributed by atoms with Crippen LogP contribution in [0, 0.1) is 11.3 Å². The standard InChI is InChI=1S/C9H16O.C2H6/c1-7(2)8-4-9(3,5-8)6-10;1-2/h8,10H,1,4-6H2,2-3H3;1-2H3. The van der Waals surface area contributed by atoms with Gasteiger partial charge in [0.05, 0.1) is 0 Å². The quantitative estimate of drug-likeness (QED) is 0.632. The van der Waals surface area contributed by atoms with Gasteiger partial charge in [-0.1, -0.05) is 32.9 Å². The van der Waals surface area contributed by atoms with Gasteiger partial charge in [-0.2, -0.15) is 0 Å². The van der Waals surface area contributed by atoms with Gasteiger partial charge < -0.3 is 5.11 Å². The maximum absolute atomic E-state index is 8.92. The molecular weight excluding hydrogens is 148 g/mol. The Bertz CT molecular complexity index is 143. The second-order valence-electron chi connectivity index (χ2n) is 3.92. The molecule has 0 aromatic carbocycles. The average Bonchev–Trinajstić information content (AvgIpc) is 2.02. The Morgan fingerprint density at radius 3 is 2.17 bits per heavy atom. The SMILES string of the molecule is C=C(C)C1CC(C)(CO)C1.CC. The highest BCUT2D eigenvalue weighted by molar-refractivity contribution is 5.06. The largest absolute Gasteiger partial charge is 0.396 e. The summed E-state index contributed by atoms with van der Waals surface area (Å²) in [7, 11) is 0. The summed E-state index contributed by atoms with van der Waals surface area (Å²) < 4.78 is 0. The monoisotopic (exact) mass is 170 g/mol. The number of hydrogen-bond donors (Lipinski definition) is 1. The van der Waals surface area contributed by atoms with Gasteiger partial charge in [0.1, 0.15) is 0 Å². The van der Waals surface area contributed by atoms with E-state index < -0.39 is 0 Å². The molecule has 0 aliphatic heterocycles. The first-order valence-corrected chi connectivity index (χ1v) is 4.84. The molecule has 0 aromatic rings. The summed E-state index contributed by atoms with van der Waals surface area (Å²) in [5, 5.41) is 8.92. The van der Waals surface area contributed by atoms with E-state index in [2.05, 4.69) is 20.4 Å². The molecule has 0 unspecified atom stereocenters. The molecule has 0 atom stereocenters. The number of allylic oxidation sites excluding steroid dienone is 1. The van der Waals surface area contributed by atoms with Crippen LogP contribution in [0.1, 0.15) is 40.5 Å². The minimum absolute atomic E-state index is 0.212. The van der Waals surface area contributed by atoms with Crippen molar-refractivity contribution >= 4 is 0 Å². The summed E-state index contributed by atoms with van der Waals surface area (Å²) in [4.78, 5) is 0. The fourth-order valence-electron chi connectivity index (χ4n) is 1.61. The Labute approximate surface area is 76.5 Å². The van der Waals surface area contributed by atoms with Gasteiger partial charge in [0.15, 0.2) is 0 Å². The molecule has 1 nitrogen and oxygen atoms in total. The molecule has 0 saturated heterocycles. The van der Waals surface area contributed by atoms with Crippen LogP contribution in [0.25, 0.3) is 0 Å². The van der Waals surface area contributed by atoms with Gasteiger partial charge in [-0.05, 0) is 31.1 Å². The Morgan fingerprint density at radius 2 is 1.92 bits per heavy atom. The fourth-order valence-corrected chi connectivity index (χ4v) is 1.61. The van der Waals surface area contributed by atoms with Gasteiger partial charge in [-0.25, -0.2) is 0 Å². The Morgan fingerprint density at radius 1 is 1.50 bits per heavy atom. The minimum Gasteiger partial charge on any atom is -0.396 e. The van der Waals surface area contributed by atoms with Crippen LogP contribution < -0.4 is 0 Å². The molecule has 72 valence electrons. The summed E-state index contributed by atoms with van der Waals surface area (Å²) in [5.74, 6) is 0.678. The van der Waals surface area contributed by atoms with Crippen molar-refractivity contribution in [3.05, 3.63) is 12.2 Å². The summed E-state index contributed by atoms with van der Waals surface area (Å²) in [5.41, 5.74) is 1.48. The topological polar surface area (TPSA) is 20.2 Å². The van der Waals surface area contributed by atoms with Gasteiger partial charge in [0, 0.05) is 6.61 Å². The first-order chi connectivity index (χ1) is 5.57. The van der Waals surface area contributed by atoms with Crippen LogP contribution >= 0.6 is 0 Å². The van der Waals surface area contributed by atoms with Crippen molar-refractivity contribution < 1.29 is 5.11 Å². The normalized spacial score (nSPS) is 32.9. The lowest BCUT2D eigenvalue weighted by atomic mass is 9.62. The van der Waals surface area contributed by atoms with E-state index in [1.807, 2.05) is 13.8 Å². The predicted octanol–water partition coefficient (Wildman–Crippen LogP) is 3.00. The van der Waals surface area contributed by atoms with Crippen molar-refractivity contribution in [2.24, 2.45) is 11.3 Å². The molecule has 1 N–H and O–H groups in total. The number of aliphatic hydroxyl groups is 1. The highest BCUT2D eigenvalue weighted by Crippen LogP contribution is 2.47. The minimum atomic E-state index is 0.212. The molecule has 1 heteroatoms. The van der Waals surface area contributed by atoms with Gasteiger partial charge >= 0.3 is 0 Å². The molecule has 0 bridgehead atoms. The molecule has 0 radical (unpaired) electrons. The van der Waals surface area contributed by atoms with Crippen LogP contribution in [0.15, 0.2) is 12.2 Å². The maximum atomic E-state index is 8.92. The molecule has 1 saturated carbocycles. The second kappa shape index (κ2) is 4.66. The highest BCUT2D eigenvalue weighted by atomic mass is 16.3. The molecule has 12 heavy (non-hydrogen) atoms. The van der Waals surface area contributed by atoms with Crippen LogP contribution in [0.5, 0.6) is 0 Å². The predicted molar refractivity (Wildman–Crippen MR) is 54.1 cm³/mol. The summed E-state index contributed by atoms with van der Waals surface area (Å²) in [6.07, 6.45) is 2.25. The highest BCUT2D eigenvalue weighted by Gasteiger charge is 2.39. The van der Waals surface area contributed by atoms with Gasteiger partial charge in [0.2, 0.25) is 0 Å². The summed E-state index contributed by atoms with van der Waals surface area (Å²) >= 11 is 0. The average molecular weight is 170 g/mol. The maximum Gasteiger partial charge on any atom is 0.0485 e. The van der Waals surface area contributed by atoms with Crippen LogP contribution in [-0.4, -0.2) is 11.7 Å². The van der Waals surface area contributed by atoms with Crippen LogP contribution in [0.2, 0.25) is 0 Å². The Kier molecular flexibility index (Phi) is 4.54.